The van der Waals surface area contributed by atoms with E-state index in [2.05, 4.69) is 0 Å². The Balaban J connectivity index is 1.86. The summed E-state index contributed by atoms with van der Waals surface area (Å²) in [6.07, 6.45) is 5.12. The summed E-state index contributed by atoms with van der Waals surface area (Å²) in [5.74, 6) is 0.723. The first-order valence-corrected chi connectivity index (χ1v) is 7.10. The molecule has 1 aromatic rings. The molecule has 100 valence electrons. The number of benzene rings is 1. The molecule has 0 spiro atoms. The van der Waals surface area contributed by atoms with Crippen molar-refractivity contribution in [1.29, 1.82) is 0 Å². The predicted molar refractivity (Wildman–Crippen MR) is 73.4 cm³/mol. The van der Waals surface area contributed by atoms with E-state index in [1.165, 1.54) is 0 Å². The van der Waals surface area contributed by atoms with E-state index >= 15 is 0 Å². The molecule has 0 bridgehead atoms. The van der Waals surface area contributed by atoms with E-state index in [0.717, 1.165) is 56.8 Å². The fraction of sp³-hybridized carbons (Fsp3) is 0.625. The molecule has 18 heavy (non-hydrogen) atoms. The van der Waals surface area contributed by atoms with Gasteiger partial charge in [-0.1, -0.05) is 30.3 Å². The maximum absolute atomic E-state index is 10.7. The molecule has 2 heteroatoms. The minimum atomic E-state index is -0.594. The molecule has 0 aliphatic heterocycles. The Labute approximate surface area is 110 Å². The summed E-state index contributed by atoms with van der Waals surface area (Å²) >= 11 is 0. The van der Waals surface area contributed by atoms with Crippen LogP contribution in [-0.2, 0) is 10.3 Å². The summed E-state index contributed by atoms with van der Waals surface area (Å²) in [5, 5.41) is 10.7. The highest BCUT2D eigenvalue weighted by Gasteiger charge is 2.34. The Morgan fingerprint density at radius 1 is 1.22 bits per heavy atom. The highest BCUT2D eigenvalue weighted by molar-refractivity contribution is 5.22. The zero-order valence-corrected chi connectivity index (χ0v) is 11.3. The summed E-state index contributed by atoms with van der Waals surface area (Å²) in [5.41, 5.74) is 0.483. The molecule has 0 unspecified atom stereocenters. The van der Waals surface area contributed by atoms with Crippen molar-refractivity contribution in [1.82, 2.24) is 0 Å². The minimum Gasteiger partial charge on any atom is -0.385 e. The van der Waals surface area contributed by atoms with Crippen molar-refractivity contribution in [3.05, 3.63) is 35.9 Å². The number of hydrogen-bond acceptors (Lipinski definition) is 2. The number of rotatable bonds is 5. The highest BCUT2D eigenvalue weighted by atomic mass is 16.5. The average molecular weight is 248 g/mol. The van der Waals surface area contributed by atoms with Gasteiger partial charge >= 0.3 is 0 Å². The lowest BCUT2D eigenvalue weighted by Gasteiger charge is -2.36. The van der Waals surface area contributed by atoms with Gasteiger partial charge < -0.3 is 9.84 Å². The van der Waals surface area contributed by atoms with Crippen LogP contribution >= 0.6 is 0 Å². The Kier molecular flexibility index (Phi) is 4.79. The summed E-state index contributed by atoms with van der Waals surface area (Å²) in [6, 6.07) is 10.1. The van der Waals surface area contributed by atoms with E-state index in [0.29, 0.717) is 0 Å². The standard InChI is InChI=1S/C16H24O2/c1-2-18-13-10-14-8-11-16(17,12-9-14)15-6-4-3-5-7-15/h3-7,14,17H,2,8-13H2,1H3. The molecule has 1 aliphatic rings. The Morgan fingerprint density at radius 2 is 1.89 bits per heavy atom. The minimum absolute atomic E-state index is 0.594. The summed E-state index contributed by atoms with van der Waals surface area (Å²) in [6.45, 7) is 3.71. The Morgan fingerprint density at radius 3 is 2.50 bits per heavy atom. The molecule has 0 atom stereocenters. The monoisotopic (exact) mass is 248 g/mol. The number of aliphatic hydroxyl groups is 1. The molecular formula is C16H24O2. The number of ether oxygens (including phenoxy) is 1. The lowest BCUT2D eigenvalue weighted by molar-refractivity contribution is -0.0185. The third-order valence-electron chi connectivity index (χ3n) is 4.12. The van der Waals surface area contributed by atoms with Gasteiger partial charge in [0, 0.05) is 13.2 Å². The van der Waals surface area contributed by atoms with E-state index in [1.807, 2.05) is 37.3 Å². The van der Waals surface area contributed by atoms with Crippen molar-refractivity contribution < 1.29 is 9.84 Å². The molecule has 1 N–H and O–H groups in total. The zero-order chi connectivity index (χ0) is 12.8. The molecule has 1 aliphatic carbocycles. The molecule has 0 aromatic heterocycles. The van der Waals surface area contributed by atoms with Gasteiger partial charge in [0.2, 0.25) is 0 Å². The van der Waals surface area contributed by atoms with Crippen molar-refractivity contribution in [3.8, 4) is 0 Å². The molecule has 1 saturated carbocycles. The summed E-state index contributed by atoms with van der Waals surface area (Å²) < 4.78 is 5.41. The van der Waals surface area contributed by atoms with E-state index in [1.54, 1.807) is 0 Å². The third kappa shape index (κ3) is 3.33. The van der Waals surface area contributed by atoms with Crippen LogP contribution in [0.4, 0.5) is 0 Å². The van der Waals surface area contributed by atoms with Crippen molar-refractivity contribution in [2.75, 3.05) is 13.2 Å². The average Bonchev–Trinajstić information content (AvgIpc) is 2.42. The number of hydrogen-bond donors (Lipinski definition) is 1. The van der Waals surface area contributed by atoms with Crippen LogP contribution in [0.15, 0.2) is 30.3 Å². The molecule has 0 amide bonds. The second-order valence-electron chi connectivity index (χ2n) is 5.33. The Bertz CT molecular complexity index is 339. The molecule has 1 aromatic carbocycles. The molecule has 2 nitrogen and oxygen atoms in total. The van der Waals surface area contributed by atoms with Crippen LogP contribution in [0.2, 0.25) is 0 Å². The van der Waals surface area contributed by atoms with Gasteiger partial charge in [-0.05, 0) is 50.5 Å². The van der Waals surface area contributed by atoms with E-state index in [9.17, 15) is 5.11 Å². The van der Waals surface area contributed by atoms with Crippen molar-refractivity contribution in [3.63, 3.8) is 0 Å². The van der Waals surface area contributed by atoms with Gasteiger partial charge in [0.15, 0.2) is 0 Å². The molecule has 0 radical (unpaired) electrons. The van der Waals surface area contributed by atoms with Gasteiger partial charge in [-0.15, -0.1) is 0 Å². The normalized spacial score (nSPS) is 28.2. The van der Waals surface area contributed by atoms with E-state index in [4.69, 9.17) is 4.74 Å². The van der Waals surface area contributed by atoms with Gasteiger partial charge in [-0.2, -0.15) is 0 Å². The van der Waals surface area contributed by atoms with Crippen LogP contribution in [0.5, 0.6) is 0 Å². The third-order valence-corrected chi connectivity index (χ3v) is 4.12. The molecular weight excluding hydrogens is 224 g/mol. The van der Waals surface area contributed by atoms with Crippen molar-refractivity contribution in [2.45, 2.75) is 44.6 Å². The maximum Gasteiger partial charge on any atom is 0.0896 e. The van der Waals surface area contributed by atoms with Gasteiger partial charge in [0.1, 0.15) is 0 Å². The summed E-state index contributed by atoms with van der Waals surface area (Å²) in [7, 11) is 0. The van der Waals surface area contributed by atoms with Crippen LogP contribution in [0.25, 0.3) is 0 Å². The van der Waals surface area contributed by atoms with Crippen LogP contribution in [0.3, 0.4) is 0 Å². The lowest BCUT2D eigenvalue weighted by Crippen LogP contribution is -2.31. The SMILES string of the molecule is CCOCCC1CCC(O)(c2ccccc2)CC1. The largest absolute Gasteiger partial charge is 0.385 e. The first-order chi connectivity index (χ1) is 8.74. The quantitative estimate of drug-likeness (QED) is 0.808. The van der Waals surface area contributed by atoms with Gasteiger partial charge in [0.25, 0.3) is 0 Å². The summed E-state index contributed by atoms with van der Waals surface area (Å²) in [4.78, 5) is 0. The van der Waals surface area contributed by atoms with E-state index in [-0.39, 0.29) is 0 Å². The van der Waals surface area contributed by atoms with Gasteiger partial charge in [0.05, 0.1) is 5.60 Å². The molecule has 1 fully saturated rings. The maximum atomic E-state index is 10.7. The van der Waals surface area contributed by atoms with Gasteiger partial charge in [-0.25, -0.2) is 0 Å². The predicted octanol–water partition coefficient (Wildman–Crippen LogP) is 3.49. The topological polar surface area (TPSA) is 29.5 Å². The van der Waals surface area contributed by atoms with Crippen LogP contribution in [-0.4, -0.2) is 18.3 Å². The smallest absolute Gasteiger partial charge is 0.0896 e. The van der Waals surface area contributed by atoms with Crippen LogP contribution in [0.1, 0.15) is 44.6 Å². The zero-order valence-electron chi connectivity index (χ0n) is 11.3. The second kappa shape index (κ2) is 6.35. The van der Waals surface area contributed by atoms with Crippen LogP contribution in [0, 0.1) is 5.92 Å². The Hall–Kier alpha value is -0.860. The van der Waals surface area contributed by atoms with Crippen molar-refractivity contribution in [2.24, 2.45) is 5.92 Å². The fourth-order valence-corrected chi connectivity index (χ4v) is 2.88. The molecule has 0 heterocycles. The van der Waals surface area contributed by atoms with Crippen LogP contribution < -0.4 is 0 Å². The molecule has 0 saturated heterocycles. The highest BCUT2D eigenvalue weighted by Crippen LogP contribution is 2.40. The fourth-order valence-electron chi connectivity index (χ4n) is 2.88. The van der Waals surface area contributed by atoms with Gasteiger partial charge in [-0.3, -0.25) is 0 Å². The first kappa shape index (κ1) is 13.6. The first-order valence-electron chi connectivity index (χ1n) is 7.10. The van der Waals surface area contributed by atoms with E-state index < -0.39 is 5.60 Å². The molecule has 2 rings (SSSR count). The second-order valence-corrected chi connectivity index (χ2v) is 5.33. The lowest BCUT2D eigenvalue weighted by atomic mass is 9.74. The van der Waals surface area contributed by atoms with Crippen molar-refractivity contribution >= 4 is 0 Å².